The molecule has 0 saturated carbocycles. The molecule has 0 saturated heterocycles. The van der Waals surface area contributed by atoms with Crippen molar-refractivity contribution < 1.29 is 0 Å². The molecule has 6 aromatic carbocycles. The summed E-state index contributed by atoms with van der Waals surface area (Å²) in [6.07, 6.45) is 0. The van der Waals surface area contributed by atoms with Gasteiger partial charge in [-0.1, -0.05) is 111 Å². The van der Waals surface area contributed by atoms with Gasteiger partial charge >= 0.3 is 0 Å². The van der Waals surface area contributed by atoms with E-state index in [1.165, 1.54) is 71.6 Å². The summed E-state index contributed by atoms with van der Waals surface area (Å²) in [5.41, 5.74) is 11.6. The topological polar surface area (TPSA) is 4.93 Å². The summed E-state index contributed by atoms with van der Waals surface area (Å²) in [7, 11) is 0. The highest BCUT2D eigenvalue weighted by atomic mass is 15.0. The molecule has 0 spiro atoms. The number of rotatable bonds is 2. The zero-order chi connectivity index (χ0) is 25.4. The molecule has 0 fully saturated rings. The third-order valence-electron chi connectivity index (χ3n) is 8.56. The molecule has 8 rings (SSSR count). The van der Waals surface area contributed by atoms with Gasteiger partial charge in [-0.25, -0.2) is 0 Å². The number of hydrogen-bond donors (Lipinski definition) is 0. The molecule has 38 heavy (non-hydrogen) atoms. The number of aromatic nitrogens is 1. The van der Waals surface area contributed by atoms with Gasteiger partial charge in [0.05, 0.1) is 16.7 Å². The second-order valence-electron chi connectivity index (χ2n) is 11.0. The van der Waals surface area contributed by atoms with E-state index in [2.05, 4.69) is 146 Å². The lowest BCUT2D eigenvalue weighted by atomic mass is 9.74. The van der Waals surface area contributed by atoms with E-state index < -0.39 is 0 Å². The van der Waals surface area contributed by atoms with E-state index in [9.17, 15) is 0 Å². The largest absolute Gasteiger partial charge is 0.309 e. The Bertz CT molecular complexity index is 2030. The van der Waals surface area contributed by atoms with Crippen LogP contribution < -0.4 is 0 Å². The van der Waals surface area contributed by atoms with Gasteiger partial charge in [-0.05, 0) is 74.5 Å². The summed E-state index contributed by atoms with van der Waals surface area (Å²) in [4.78, 5) is 0. The number of benzene rings is 6. The predicted octanol–water partition coefficient (Wildman–Crippen LogP) is 9.91. The van der Waals surface area contributed by atoms with Gasteiger partial charge in [-0.3, -0.25) is 0 Å². The smallest absolute Gasteiger partial charge is 0.0582 e. The van der Waals surface area contributed by atoms with Gasteiger partial charge in [0, 0.05) is 16.2 Å². The Morgan fingerprint density at radius 2 is 1.24 bits per heavy atom. The molecule has 0 N–H and O–H groups in total. The Hall–Kier alpha value is -4.62. The van der Waals surface area contributed by atoms with Crippen molar-refractivity contribution >= 4 is 32.6 Å². The first-order valence-corrected chi connectivity index (χ1v) is 13.4. The fraction of sp³-hybridized carbons (Fsp3) is 0.0811. The van der Waals surface area contributed by atoms with E-state index in [4.69, 9.17) is 0 Å². The van der Waals surface area contributed by atoms with Gasteiger partial charge < -0.3 is 4.57 Å². The van der Waals surface area contributed by atoms with E-state index in [0.717, 1.165) is 0 Å². The molecule has 0 unspecified atom stereocenters. The minimum atomic E-state index is -0.109. The van der Waals surface area contributed by atoms with Crippen LogP contribution in [0.15, 0.2) is 127 Å². The molecule has 0 aliphatic carbocycles. The van der Waals surface area contributed by atoms with Crippen molar-refractivity contribution in [1.29, 1.82) is 0 Å². The van der Waals surface area contributed by atoms with Crippen molar-refractivity contribution in [3.8, 4) is 27.9 Å². The Morgan fingerprint density at radius 1 is 0.500 bits per heavy atom. The molecular weight excluding hydrogens is 458 g/mol. The van der Waals surface area contributed by atoms with Crippen molar-refractivity contribution in [2.24, 2.45) is 0 Å². The monoisotopic (exact) mass is 485 g/mol. The minimum absolute atomic E-state index is 0.109. The molecule has 0 atom stereocenters. The quantitative estimate of drug-likeness (QED) is 0.230. The van der Waals surface area contributed by atoms with Gasteiger partial charge in [0.2, 0.25) is 0 Å². The van der Waals surface area contributed by atoms with Crippen LogP contribution in [0, 0.1) is 0 Å². The van der Waals surface area contributed by atoms with Crippen molar-refractivity contribution in [3.63, 3.8) is 0 Å². The molecule has 0 amide bonds. The van der Waals surface area contributed by atoms with E-state index in [1.807, 2.05) is 0 Å². The number of nitrogens with zero attached hydrogens (tertiary/aromatic N) is 1. The summed E-state index contributed by atoms with van der Waals surface area (Å²) < 4.78 is 2.50. The Balaban J connectivity index is 1.52. The van der Waals surface area contributed by atoms with E-state index in [-0.39, 0.29) is 5.41 Å². The van der Waals surface area contributed by atoms with Crippen molar-refractivity contribution in [3.05, 3.63) is 139 Å². The lowest BCUT2D eigenvalue weighted by Crippen LogP contribution is -2.26. The molecule has 1 nitrogen and oxygen atoms in total. The zero-order valence-corrected chi connectivity index (χ0v) is 21.6. The molecule has 7 aromatic rings. The normalized spacial score (nSPS) is 13.7. The molecule has 1 heteroatoms. The second-order valence-corrected chi connectivity index (χ2v) is 11.0. The van der Waals surface area contributed by atoms with Crippen LogP contribution in [0.5, 0.6) is 0 Å². The lowest BCUT2D eigenvalue weighted by Gasteiger charge is -2.35. The highest BCUT2D eigenvalue weighted by Crippen LogP contribution is 2.49. The fourth-order valence-corrected chi connectivity index (χ4v) is 6.66. The Labute approximate surface area is 222 Å². The molecule has 0 radical (unpaired) electrons. The average Bonchev–Trinajstić information content (AvgIpc) is 3.30. The molecule has 2 heterocycles. The second kappa shape index (κ2) is 7.69. The Morgan fingerprint density at radius 3 is 2.13 bits per heavy atom. The molecule has 180 valence electrons. The molecular formula is C37H27N. The summed E-state index contributed by atoms with van der Waals surface area (Å²) in [6, 6.07) is 46.9. The van der Waals surface area contributed by atoms with Gasteiger partial charge in [0.1, 0.15) is 0 Å². The third-order valence-corrected chi connectivity index (χ3v) is 8.56. The van der Waals surface area contributed by atoms with Crippen LogP contribution in [0.2, 0.25) is 0 Å². The van der Waals surface area contributed by atoms with Crippen molar-refractivity contribution in [1.82, 2.24) is 4.57 Å². The zero-order valence-electron chi connectivity index (χ0n) is 21.6. The standard InChI is InChI=1S/C37H27N/c1-37(2)32-17-8-9-18-35(32)38-34-20-19-26(29-16-10-14-25-13-6-7-15-28(25)29)21-30(34)31-22-27(23-33(37)36(31)38)24-11-4-3-5-12-24/h3-23H,1-2H3. The van der Waals surface area contributed by atoms with Gasteiger partial charge in [-0.15, -0.1) is 0 Å². The Kier molecular flexibility index (Phi) is 4.35. The van der Waals surface area contributed by atoms with Gasteiger partial charge in [0.15, 0.2) is 0 Å². The number of hydrogen-bond acceptors (Lipinski definition) is 0. The average molecular weight is 486 g/mol. The summed E-state index contributed by atoms with van der Waals surface area (Å²) in [6.45, 7) is 4.75. The maximum absolute atomic E-state index is 2.50. The molecule has 1 aliphatic rings. The van der Waals surface area contributed by atoms with Crippen LogP contribution in [0.1, 0.15) is 25.0 Å². The maximum atomic E-state index is 2.50. The van der Waals surface area contributed by atoms with Crippen molar-refractivity contribution in [2.45, 2.75) is 19.3 Å². The maximum Gasteiger partial charge on any atom is 0.0582 e. The van der Waals surface area contributed by atoms with Crippen LogP contribution in [-0.4, -0.2) is 4.57 Å². The van der Waals surface area contributed by atoms with Gasteiger partial charge in [0.25, 0.3) is 0 Å². The van der Waals surface area contributed by atoms with Crippen LogP contribution in [0.4, 0.5) is 0 Å². The van der Waals surface area contributed by atoms with Crippen molar-refractivity contribution in [2.75, 3.05) is 0 Å². The van der Waals surface area contributed by atoms with Crippen LogP contribution in [0.3, 0.4) is 0 Å². The SMILES string of the molecule is CC1(C)c2ccccc2-n2c3ccc(-c4cccc5ccccc45)cc3c3cc(-c4ccccc4)cc1c32. The highest BCUT2D eigenvalue weighted by Gasteiger charge is 2.35. The summed E-state index contributed by atoms with van der Waals surface area (Å²) in [5.74, 6) is 0. The lowest BCUT2D eigenvalue weighted by molar-refractivity contribution is 0.630. The van der Waals surface area contributed by atoms with Gasteiger partial charge in [-0.2, -0.15) is 0 Å². The first-order valence-electron chi connectivity index (χ1n) is 13.4. The third kappa shape index (κ3) is 2.87. The predicted molar refractivity (Wildman–Crippen MR) is 161 cm³/mol. The van der Waals surface area contributed by atoms with Crippen LogP contribution in [-0.2, 0) is 5.41 Å². The number of fused-ring (bicyclic) bond motifs is 6. The summed E-state index contributed by atoms with van der Waals surface area (Å²) in [5, 5.41) is 5.19. The van der Waals surface area contributed by atoms with Crippen LogP contribution >= 0.6 is 0 Å². The van der Waals surface area contributed by atoms with Crippen LogP contribution in [0.25, 0.3) is 60.5 Å². The first-order chi connectivity index (χ1) is 18.6. The molecule has 0 bridgehead atoms. The van der Waals surface area contributed by atoms with E-state index in [1.54, 1.807) is 0 Å². The first kappa shape index (κ1) is 21.5. The van der Waals surface area contributed by atoms with E-state index in [0.29, 0.717) is 0 Å². The van der Waals surface area contributed by atoms with E-state index >= 15 is 0 Å². The highest BCUT2D eigenvalue weighted by molar-refractivity contribution is 6.14. The molecule has 1 aliphatic heterocycles. The fourth-order valence-electron chi connectivity index (χ4n) is 6.66. The minimum Gasteiger partial charge on any atom is -0.309 e. The number of para-hydroxylation sites is 1. The summed E-state index contributed by atoms with van der Waals surface area (Å²) >= 11 is 0. The molecule has 1 aromatic heterocycles.